The summed E-state index contributed by atoms with van der Waals surface area (Å²) in [4.78, 5) is 27.6. The summed E-state index contributed by atoms with van der Waals surface area (Å²) in [6, 6.07) is 8.78. The predicted octanol–water partition coefficient (Wildman–Crippen LogP) is 2.10. The lowest BCUT2D eigenvalue weighted by molar-refractivity contribution is -0.119. The molecule has 2 N–H and O–H groups in total. The first-order valence-corrected chi connectivity index (χ1v) is 9.00. The molecule has 0 saturated heterocycles. The average Bonchev–Trinajstić information content (AvgIpc) is 2.67. The molecule has 0 unspecified atom stereocenters. The van der Waals surface area contributed by atoms with Crippen LogP contribution in [0.3, 0.4) is 0 Å². The molecule has 0 spiro atoms. The molecule has 0 fully saturated rings. The smallest absolute Gasteiger partial charge is 0.288 e. The van der Waals surface area contributed by atoms with Gasteiger partial charge in [-0.2, -0.15) is 0 Å². The van der Waals surface area contributed by atoms with E-state index in [9.17, 15) is 9.59 Å². The van der Waals surface area contributed by atoms with Gasteiger partial charge < -0.3 is 9.47 Å². The lowest BCUT2D eigenvalue weighted by Crippen LogP contribution is -2.42. The van der Waals surface area contributed by atoms with Gasteiger partial charge in [-0.1, -0.05) is 6.07 Å². The Bertz CT molecular complexity index is 769. The Morgan fingerprint density at radius 1 is 1.12 bits per heavy atom. The third-order valence-electron chi connectivity index (χ3n) is 3.55. The van der Waals surface area contributed by atoms with Crippen molar-refractivity contribution in [3.8, 4) is 11.5 Å². The van der Waals surface area contributed by atoms with Gasteiger partial charge in [-0.15, -0.1) is 11.8 Å². The molecule has 26 heavy (non-hydrogen) atoms. The summed E-state index contributed by atoms with van der Waals surface area (Å²) in [5.74, 6) is 1.41. The molecule has 2 aromatic rings. The fraction of sp³-hybridized carbons (Fsp3) is 0.278. The molecule has 1 aromatic heterocycles. The van der Waals surface area contributed by atoms with Crippen molar-refractivity contribution in [2.24, 2.45) is 0 Å². The van der Waals surface area contributed by atoms with E-state index in [1.807, 2.05) is 19.1 Å². The molecule has 0 aliphatic carbocycles. The number of thioether (sulfide) groups is 1. The van der Waals surface area contributed by atoms with E-state index in [0.717, 1.165) is 11.1 Å². The van der Waals surface area contributed by atoms with Crippen LogP contribution in [0.5, 0.6) is 11.5 Å². The second-order valence-corrected chi connectivity index (χ2v) is 6.33. The van der Waals surface area contributed by atoms with Crippen molar-refractivity contribution >= 4 is 23.6 Å². The number of amides is 2. The van der Waals surface area contributed by atoms with Gasteiger partial charge in [0.2, 0.25) is 5.91 Å². The first-order valence-electron chi connectivity index (χ1n) is 7.84. The molecule has 0 saturated carbocycles. The highest BCUT2D eigenvalue weighted by Crippen LogP contribution is 2.31. The van der Waals surface area contributed by atoms with Crippen LogP contribution in [0.25, 0.3) is 0 Å². The molecule has 0 aliphatic heterocycles. The Kier molecular flexibility index (Phi) is 7.28. The maximum absolute atomic E-state index is 11.9. The highest BCUT2D eigenvalue weighted by molar-refractivity contribution is 7.99. The zero-order valence-electron chi connectivity index (χ0n) is 14.9. The third-order valence-corrected chi connectivity index (χ3v) is 4.53. The van der Waals surface area contributed by atoms with Gasteiger partial charge in [0.1, 0.15) is 5.69 Å². The highest BCUT2D eigenvalue weighted by Gasteiger charge is 2.11. The highest BCUT2D eigenvalue weighted by atomic mass is 32.2. The van der Waals surface area contributed by atoms with Crippen LogP contribution in [0, 0.1) is 6.92 Å². The molecule has 2 rings (SSSR count). The quantitative estimate of drug-likeness (QED) is 0.721. The Hall–Kier alpha value is -2.74. The van der Waals surface area contributed by atoms with Gasteiger partial charge in [-0.3, -0.25) is 25.4 Å². The number of nitrogens with one attached hydrogen (secondary N) is 2. The van der Waals surface area contributed by atoms with Gasteiger partial charge >= 0.3 is 0 Å². The van der Waals surface area contributed by atoms with Crippen LogP contribution in [-0.4, -0.2) is 36.8 Å². The molecule has 7 nitrogen and oxygen atoms in total. The van der Waals surface area contributed by atoms with Crippen LogP contribution >= 0.6 is 11.8 Å². The number of aryl methyl sites for hydroxylation is 1. The van der Waals surface area contributed by atoms with Crippen molar-refractivity contribution in [3.63, 3.8) is 0 Å². The van der Waals surface area contributed by atoms with E-state index in [-0.39, 0.29) is 17.4 Å². The average molecular weight is 375 g/mol. The summed E-state index contributed by atoms with van der Waals surface area (Å²) in [5.41, 5.74) is 7.07. The number of benzene rings is 1. The van der Waals surface area contributed by atoms with Crippen molar-refractivity contribution in [1.82, 2.24) is 15.8 Å². The number of methoxy groups -OCH3 is 2. The Labute approximate surface area is 156 Å². The number of hydrazine groups is 1. The number of hydrogen-bond donors (Lipinski definition) is 2. The van der Waals surface area contributed by atoms with Crippen molar-refractivity contribution < 1.29 is 19.1 Å². The summed E-state index contributed by atoms with van der Waals surface area (Å²) < 4.78 is 10.6. The Balaban J connectivity index is 1.80. The summed E-state index contributed by atoms with van der Waals surface area (Å²) in [6.45, 7) is 1.98. The predicted molar refractivity (Wildman–Crippen MR) is 100 cm³/mol. The zero-order valence-corrected chi connectivity index (χ0v) is 15.7. The second-order valence-electron chi connectivity index (χ2n) is 5.34. The number of rotatable bonds is 7. The SMILES string of the molecule is COc1cc(C)c(CSCC(=O)NNC(=O)c2ccccn2)cc1OC. The maximum atomic E-state index is 11.9. The number of pyridine rings is 1. The van der Waals surface area contributed by atoms with Gasteiger partial charge in [-0.25, -0.2) is 0 Å². The normalized spacial score (nSPS) is 10.1. The van der Waals surface area contributed by atoms with E-state index in [4.69, 9.17) is 9.47 Å². The molecule has 2 amide bonds. The van der Waals surface area contributed by atoms with E-state index in [0.29, 0.717) is 17.3 Å². The molecule has 1 aromatic carbocycles. The molecule has 138 valence electrons. The minimum Gasteiger partial charge on any atom is -0.493 e. The maximum Gasteiger partial charge on any atom is 0.288 e. The Morgan fingerprint density at radius 3 is 2.50 bits per heavy atom. The standard InChI is InChI=1S/C18H21N3O4S/c1-12-8-15(24-2)16(25-3)9-13(12)10-26-11-17(22)20-21-18(23)14-6-4-5-7-19-14/h4-9H,10-11H2,1-3H3,(H,20,22)(H,21,23). The van der Waals surface area contributed by atoms with E-state index in [2.05, 4.69) is 15.8 Å². The number of hydrogen-bond acceptors (Lipinski definition) is 6. The van der Waals surface area contributed by atoms with Crippen molar-refractivity contribution in [1.29, 1.82) is 0 Å². The number of carbonyl (C=O) groups excluding carboxylic acids is 2. The van der Waals surface area contributed by atoms with E-state index >= 15 is 0 Å². The lowest BCUT2D eigenvalue weighted by atomic mass is 10.1. The van der Waals surface area contributed by atoms with E-state index < -0.39 is 5.91 Å². The molecule has 0 atom stereocenters. The molecule has 1 heterocycles. The minimum absolute atomic E-state index is 0.205. The summed E-state index contributed by atoms with van der Waals surface area (Å²) in [5, 5.41) is 0. The molecule has 0 radical (unpaired) electrons. The van der Waals surface area contributed by atoms with Crippen LogP contribution in [0.15, 0.2) is 36.5 Å². The van der Waals surface area contributed by atoms with Gasteiger partial charge in [0.05, 0.1) is 20.0 Å². The number of ether oxygens (including phenoxy) is 2. The lowest BCUT2D eigenvalue weighted by Gasteiger charge is -2.12. The van der Waals surface area contributed by atoms with Crippen LogP contribution in [0.1, 0.15) is 21.6 Å². The first kappa shape index (κ1) is 19.6. The fourth-order valence-electron chi connectivity index (χ4n) is 2.16. The number of carbonyl (C=O) groups is 2. The van der Waals surface area contributed by atoms with Crippen LogP contribution in [0.4, 0.5) is 0 Å². The molecule has 0 bridgehead atoms. The second kappa shape index (κ2) is 9.67. The van der Waals surface area contributed by atoms with E-state index in [1.165, 1.54) is 18.0 Å². The number of aromatic nitrogens is 1. The van der Waals surface area contributed by atoms with Crippen molar-refractivity contribution in [2.75, 3.05) is 20.0 Å². The fourth-order valence-corrected chi connectivity index (χ4v) is 3.05. The summed E-state index contributed by atoms with van der Waals surface area (Å²) in [7, 11) is 3.18. The van der Waals surface area contributed by atoms with Crippen molar-refractivity contribution in [3.05, 3.63) is 53.3 Å². The molecule has 8 heteroatoms. The molecular weight excluding hydrogens is 354 g/mol. The Morgan fingerprint density at radius 2 is 1.85 bits per heavy atom. The van der Waals surface area contributed by atoms with Crippen LogP contribution in [-0.2, 0) is 10.5 Å². The van der Waals surface area contributed by atoms with Gasteiger partial charge in [0.15, 0.2) is 11.5 Å². The minimum atomic E-state index is -0.459. The van der Waals surface area contributed by atoms with Gasteiger partial charge in [-0.05, 0) is 42.3 Å². The molecule has 0 aliphatic rings. The summed E-state index contributed by atoms with van der Waals surface area (Å²) >= 11 is 1.43. The zero-order chi connectivity index (χ0) is 18.9. The largest absolute Gasteiger partial charge is 0.493 e. The third kappa shape index (κ3) is 5.38. The number of nitrogens with zero attached hydrogens (tertiary/aromatic N) is 1. The first-order chi connectivity index (χ1) is 12.5. The monoisotopic (exact) mass is 375 g/mol. The topological polar surface area (TPSA) is 89.6 Å². The van der Waals surface area contributed by atoms with Crippen LogP contribution in [0.2, 0.25) is 0 Å². The van der Waals surface area contributed by atoms with Crippen LogP contribution < -0.4 is 20.3 Å². The van der Waals surface area contributed by atoms with E-state index in [1.54, 1.807) is 32.4 Å². The summed E-state index contributed by atoms with van der Waals surface area (Å²) in [6.07, 6.45) is 1.51. The molecular formula is C18H21N3O4S. The van der Waals surface area contributed by atoms with Gasteiger partial charge in [0, 0.05) is 11.9 Å². The van der Waals surface area contributed by atoms with Crippen molar-refractivity contribution in [2.45, 2.75) is 12.7 Å². The van der Waals surface area contributed by atoms with Gasteiger partial charge in [0.25, 0.3) is 5.91 Å².